The lowest BCUT2D eigenvalue weighted by Crippen LogP contribution is -2.61. The summed E-state index contributed by atoms with van der Waals surface area (Å²) >= 11 is 0. The molecule has 0 aromatic heterocycles. The summed E-state index contributed by atoms with van der Waals surface area (Å²) in [6, 6.07) is 0. The third-order valence-electron chi connectivity index (χ3n) is 5.41. The second-order valence-corrected chi connectivity index (χ2v) is 7.39. The summed E-state index contributed by atoms with van der Waals surface area (Å²) in [6.07, 6.45) is 7.01. The molecule has 0 spiro atoms. The molecule has 22 heavy (non-hydrogen) atoms. The normalized spacial score (nSPS) is 35.0. The molecule has 4 aliphatic rings. The Labute approximate surface area is 130 Å². The fourth-order valence-corrected chi connectivity index (χ4v) is 5.06. The maximum absolute atomic E-state index is 12.1. The number of hydrogen-bond acceptors (Lipinski definition) is 3. The van der Waals surface area contributed by atoms with Gasteiger partial charge >= 0.3 is 11.8 Å². The molecular formula is C16H25N3O3. The zero-order valence-corrected chi connectivity index (χ0v) is 13.1. The van der Waals surface area contributed by atoms with Crippen molar-refractivity contribution in [1.29, 1.82) is 0 Å². The summed E-state index contributed by atoms with van der Waals surface area (Å²) < 4.78 is 0. The van der Waals surface area contributed by atoms with E-state index in [9.17, 15) is 14.4 Å². The van der Waals surface area contributed by atoms with Gasteiger partial charge in [0, 0.05) is 25.6 Å². The van der Waals surface area contributed by atoms with E-state index in [1.54, 1.807) is 0 Å². The molecule has 0 unspecified atom stereocenters. The molecule has 6 heteroatoms. The Morgan fingerprint density at radius 2 is 1.36 bits per heavy atom. The number of nitrogens with one attached hydrogen (secondary N) is 3. The van der Waals surface area contributed by atoms with Crippen LogP contribution in [0.1, 0.15) is 45.4 Å². The lowest BCUT2D eigenvalue weighted by Gasteiger charge is -2.56. The smallest absolute Gasteiger partial charge is 0.309 e. The van der Waals surface area contributed by atoms with E-state index in [1.807, 2.05) is 0 Å². The van der Waals surface area contributed by atoms with Crippen molar-refractivity contribution in [3.8, 4) is 0 Å². The van der Waals surface area contributed by atoms with Gasteiger partial charge in [-0.3, -0.25) is 14.4 Å². The second kappa shape index (κ2) is 5.89. The molecule has 4 saturated carbocycles. The third-order valence-corrected chi connectivity index (χ3v) is 5.41. The van der Waals surface area contributed by atoms with Crippen molar-refractivity contribution in [2.75, 3.05) is 13.1 Å². The number of rotatable bonds is 4. The van der Waals surface area contributed by atoms with E-state index in [-0.39, 0.29) is 18.0 Å². The van der Waals surface area contributed by atoms with E-state index in [0.717, 1.165) is 37.0 Å². The summed E-state index contributed by atoms with van der Waals surface area (Å²) in [5, 5.41) is 8.17. The average Bonchev–Trinajstić information content (AvgIpc) is 2.41. The Morgan fingerprint density at radius 1 is 0.864 bits per heavy atom. The van der Waals surface area contributed by atoms with Gasteiger partial charge in [-0.25, -0.2) is 0 Å². The summed E-state index contributed by atoms with van der Waals surface area (Å²) in [5.74, 6) is 0.927. The van der Waals surface area contributed by atoms with Crippen LogP contribution in [0.2, 0.25) is 0 Å². The summed E-state index contributed by atoms with van der Waals surface area (Å²) in [4.78, 5) is 34.8. The number of amides is 3. The summed E-state index contributed by atoms with van der Waals surface area (Å²) in [6.45, 7) is 2.03. The highest BCUT2D eigenvalue weighted by Gasteiger charge is 2.51. The van der Waals surface area contributed by atoms with Crippen molar-refractivity contribution >= 4 is 17.7 Å². The maximum atomic E-state index is 12.1. The van der Waals surface area contributed by atoms with Crippen LogP contribution in [0, 0.1) is 17.8 Å². The van der Waals surface area contributed by atoms with Crippen LogP contribution in [0.15, 0.2) is 0 Å². The molecule has 3 amide bonds. The first-order valence-corrected chi connectivity index (χ1v) is 8.30. The Bertz CT molecular complexity index is 454. The highest BCUT2D eigenvalue weighted by Crippen LogP contribution is 2.55. The molecule has 4 bridgehead atoms. The van der Waals surface area contributed by atoms with E-state index in [4.69, 9.17) is 0 Å². The topological polar surface area (TPSA) is 87.3 Å². The maximum Gasteiger partial charge on any atom is 0.309 e. The van der Waals surface area contributed by atoms with Crippen LogP contribution in [0.3, 0.4) is 0 Å². The van der Waals surface area contributed by atoms with Crippen LogP contribution in [0.4, 0.5) is 0 Å². The molecule has 4 rings (SSSR count). The van der Waals surface area contributed by atoms with Crippen molar-refractivity contribution in [1.82, 2.24) is 16.0 Å². The Balaban J connectivity index is 1.49. The zero-order valence-electron chi connectivity index (χ0n) is 13.1. The molecule has 0 aromatic carbocycles. The van der Waals surface area contributed by atoms with Crippen LogP contribution in [0.25, 0.3) is 0 Å². The minimum Gasteiger partial charge on any atom is -0.355 e. The second-order valence-electron chi connectivity index (χ2n) is 7.39. The van der Waals surface area contributed by atoms with Gasteiger partial charge in [0.25, 0.3) is 0 Å². The quantitative estimate of drug-likeness (QED) is 0.516. The van der Waals surface area contributed by atoms with Crippen LogP contribution >= 0.6 is 0 Å². The lowest BCUT2D eigenvalue weighted by molar-refractivity contribution is -0.142. The van der Waals surface area contributed by atoms with E-state index in [1.165, 1.54) is 26.2 Å². The van der Waals surface area contributed by atoms with Crippen LogP contribution in [-0.2, 0) is 14.4 Å². The number of carbonyl (C=O) groups excluding carboxylic acids is 3. The first-order chi connectivity index (χ1) is 10.5. The highest BCUT2D eigenvalue weighted by molar-refractivity contribution is 6.35. The predicted molar refractivity (Wildman–Crippen MR) is 80.7 cm³/mol. The largest absolute Gasteiger partial charge is 0.355 e. The van der Waals surface area contributed by atoms with Crippen molar-refractivity contribution in [2.24, 2.45) is 17.8 Å². The highest BCUT2D eigenvalue weighted by atomic mass is 16.2. The lowest BCUT2D eigenvalue weighted by atomic mass is 9.53. The van der Waals surface area contributed by atoms with Gasteiger partial charge < -0.3 is 16.0 Å². The Morgan fingerprint density at radius 3 is 1.86 bits per heavy atom. The van der Waals surface area contributed by atoms with Crippen molar-refractivity contribution in [3.05, 3.63) is 0 Å². The predicted octanol–water partition coefficient (Wildman–Crippen LogP) is 0.324. The fourth-order valence-electron chi connectivity index (χ4n) is 5.06. The van der Waals surface area contributed by atoms with Gasteiger partial charge in [0.2, 0.25) is 5.91 Å². The molecule has 0 aliphatic heterocycles. The molecule has 3 N–H and O–H groups in total. The Hall–Kier alpha value is -1.59. The first-order valence-electron chi connectivity index (χ1n) is 8.30. The molecule has 0 heterocycles. The Kier molecular flexibility index (Phi) is 4.10. The summed E-state index contributed by atoms with van der Waals surface area (Å²) in [5.41, 5.74) is -0.138. The number of hydrogen-bond donors (Lipinski definition) is 3. The minimum atomic E-state index is -0.596. The van der Waals surface area contributed by atoms with Crippen molar-refractivity contribution in [2.45, 2.75) is 51.0 Å². The van der Waals surface area contributed by atoms with Crippen molar-refractivity contribution < 1.29 is 14.4 Å². The molecule has 0 saturated heterocycles. The van der Waals surface area contributed by atoms with Crippen LogP contribution < -0.4 is 16.0 Å². The van der Waals surface area contributed by atoms with E-state index < -0.39 is 11.8 Å². The monoisotopic (exact) mass is 307 g/mol. The van der Waals surface area contributed by atoms with Crippen LogP contribution in [-0.4, -0.2) is 36.3 Å². The van der Waals surface area contributed by atoms with Gasteiger partial charge in [-0.05, 0) is 56.3 Å². The van der Waals surface area contributed by atoms with E-state index in [2.05, 4.69) is 16.0 Å². The average molecular weight is 307 g/mol. The van der Waals surface area contributed by atoms with Gasteiger partial charge in [0.1, 0.15) is 0 Å². The molecule has 0 radical (unpaired) electrons. The SMILES string of the molecule is CC(=O)NCCNC(=O)C(=O)NC12CC3CC(CC(C3)C1)C2. The first kappa shape index (κ1) is 15.3. The molecule has 0 aromatic rings. The molecule has 4 fully saturated rings. The fraction of sp³-hybridized carbons (Fsp3) is 0.812. The molecule has 122 valence electrons. The van der Waals surface area contributed by atoms with Gasteiger partial charge in [-0.15, -0.1) is 0 Å². The third kappa shape index (κ3) is 3.25. The molecule has 6 nitrogen and oxygen atoms in total. The standard InChI is InChI=1S/C16H25N3O3/c1-10(20)17-2-3-18-14(21)15(22)19-16-7-11-4-12(8-16)6-13(5-11)9-16/h11-13H,2-9H2,1H3,(H,17,20)(H,18,21)(H,19,22). The molecular weight excluding hydrogens is 282 g/mol. The van der Waals surface area contributed by atoms with Gasteiger partial charge in [-0.2, -0.15) is 0 Å². The minimum absolute atomic E-state index is 0.138. The van der Waals surface area contributed by atoms with E-state index >= 15 is 0 Å². The summed E-state index contributed by atoms with van der Waals surface area (Å²) in [7, 11) is 0. The zero-order chi connectivity index (χ0) is 15.7. The number of carbonyl (C=O) groups is 3. The van der Waals surface area contributed by atoms with E-state index in [0.29, 0.717) is 6.54 Å². The van der Waals surface area contributed by atoms with Crippen LogP contribution in [0.5, 0.6) is 0 Å². The molecule has 0 atom stereocenters. The van der Waals surface area contributed by atoms with Gasteiger partial charge in [0.05, 0.1) is 0 Å². The van der Waals surface area contributed by atoms with Gasteiger partial charge in [-0.1, -0.05) is 0 Å². The molecule has 4 aliphatic carbocycles. The van der Waals surface area contributed by atoms with Crippen molar-refractivity contribution in [3.63, 3.8) is 0 Å². The van der Waals surface area contributed by atoms with Gasteiger partial charge in [0.15, 0.2) is 0 Å².